The fourth-order valence-electron chi connectivity index (χ4n) is 5.15. The Morgan fingerprint density at radius 2 is 1.87 bits per heavy atom. The van der Waals surface area contributed by atoms with Gasteiger partial charge in [0.15, 0.2) is 0 Å². The number of anilines is 1. The van der Waals surface area contributed by atoms with E-state index in [1.165, 1.54) is 36.9 Å². The lowest BCUT2D eigenvalue weighted by Crippen LogP contribution is -2.40. The van der Waals surface area contributed by atoms with E-state index in [0.717, 1.165) is 49.0 Å². The number of urea groups is 1. The van der Waals surface area contributed by atoms with E-state index in [1.54, 1.807) is 0 Å². The van der Waals surface area contributed by atoms with Crippen molar-refractivity contribution in [3.05, 3.63) is 64.7 Å². The van der Waals surface area contributed by atoms with Crippen molar-refractivity contribution in [1.29, 1.82) is 0 Å². The zero-order valence-electron chi connectivity index (χ0n) is 18.4. The van der Waals surface area contributed by atoms with Gasteiger partial charge in [-0.2, -0.15) is 0 Å². The van der Waals surface area contributed by atoms with Gasteiger partial charge in [0.1, 0.15) is 0 Å². The lowest BCUT2D eigenvalue weighted by molar-refractivity contribution is 0.213. The van der Waals surface area contributed by atoms with Gasteiger partial charge in [-0.25, -0.2) is 4.79 Å². The number of rotatable bonds is 5. The second-order valence-corrected chi connectivity index (χ2v) is 9.70. The summed E-state index contributed by atoms with van der Waals surface area (Å²) in [7, 11) is 0. The van der Waals surface area contributed by atoms with E-state index in [2.05, 4.69) is 34.6 Å². The van der Waals surface area contributed by atoms with Gasteiger partial charge in [0, 0.05) is 29.8 Å². The molecule has 0 saturated heterocycles. The Balaban J connectivity index is 1.18. The van der Waals surface area contributed by atoms with E-state index >= 15 is 0 Å². The molecule has 5 heteroatoms. The molecule has 0 spiro atoms. The van der Waals surface area contributed by atoms with Crippen LogP contribution in [-0.4, -0.2) is 36.6 Å². The van der Waals surface area contributed by atoms with E-state index in [-0.39, 0.29) is 12.1 Å². The summed E-state index contributed by atoms with van der Waals surface area (Å²) in [5.74, 6) is 1.30. The van der Waals surface area contributed by atoms with Crippen LogP contribution in [0.15, 0.2) is 48.5 Å². The Morgan fingerprint density at radius 1 is 1.10 bits per heavy atom. The molecule has 2 aromatic carbocycles. The fraction of sp³-hybridized carbons (Fsp3) is 0.500. The second-order valence-electron chi connectivity index (χ2n) is 9.27. The average Bonchev–Trinajstić information content (AvgIpc) is 2.92. The summed E-state index contributed by atoms with van der Waals surface area (Å²) in [4.78, 5) is 14.9. The van der Waals surface area contributed by atoms with Crippen LogP contribution < -0.4 is 10.6 Å². The van der Waals surface area contributed by atoms with Gasteiger partial charge in [0.2, 0.25) is 0 Å². The first kappa shape index (κ1) is 22.2. The first-order valence-electron chi connectivity index (χ1n) is 11.7. The number of fused-ring (bicyclic) bond motifs is 1. The van der Waals surface area contributed by atoms with E-state index in [1.807, 2.05) is 36.4 Å². The maximum atomic E-state index is 12.2. The van der Waals surface area contributed by atoms with Gasteiger partial charge in [0.05, 0.1) is 0 Å². The van der Waals surface area contributed by atoms with Crippen LogP contribution in [-0.2, 0) is 6.42 Å². The highest BCUT2D eigenvalue weighted by molar-refractivity contribution is 6.30. The Bertz CT molecular complexity index is 864. The molecule has 4 nitrogen and oxygen atoms in total. The summed E-state index contributed by atoms with van der Waals surface area (Å²) in [6, 6.07) is 16.2. The van der Waals surface area contributed by atoms with Crippen molar-refractivity contribution >= 4 is 23.3 Å². The summed E-state index contributed by atoms with van der Waals surface area (Å²) in [6.45, 7) is 5.74. The van der Waals surface area contributed by atoms with Crippen molar-refractivity contribution in [2.45, 2.75) is 57.4 Å². The van der Waals surface area contributed by atoms with Crippen LogP contribution in [0, 0.1) is 5.92 Å². The molecule has 4 rings (SSSR count). The number of hydrogen-bond donors (Lipinski definition) is 2. The highest BCUT2D eigenvalue weighted by Gasteiger charge is 2.24. The zero-order valence-corrected chi connectivity index (χ0v) is 19.2. The number of nitrogens with one attached hydrogen (secondary N) is 2. The molecule has 2 N–H and O–H groups in total. The zero-order chi connectivity index (χ0) is 21.6. The molecular weight excluding hydrogens is 406 g/mol. The van der Waals surface area contributed by atoms with Crippen molar-refractivity contribution in [2.75, 3.05) is 25.0 Å². The van der Waals surface area contributed by atoms with Gasteiger partial charge in [-0.1, -0.05) is 42.8 Å². The minimum Gasteiger partial charge on any atom is -0.335 e. The van der Waals surface area contributed by atoms with E-state index in [0.29, 0.717) is 5.92 Å². The molecule has 1 aliphatic heterocycles. The molecule has 1 atom stereocenters. The average molecular weight is 440 g/mol. The van der Waals surface area contributed by atoms with Gasteiger partial charge in [-0.05, 0) is 92.3 Å². The number of hydrogen-bond acceptors (Lipinski definition) is 2. The summed E-state index contributed by atoms with van der Waals surface area (Å²) in [5, 5.41) is 6.92. The quantitative estimate of drug-likeness (QED) is 0.593. The Kier molecular flexibility index (Phi) is 7.52. The minimum absolute atomic E-state index is 0.0899. The number of carbonyl (C=O) groups is 1. The Labute approximate surface area is 191 Å². The molecule has 1 saturated carbocycles. The predicted octanol–water partition coefficient (Wildman–Crippen LogP) is 6.07. The van der Waals surface area contributed by atoms with E-state index in [9.17, 15) is 4.79 Å². The van der Waals surface area contributed by atoms with Crippen molar-refractivity contribution in [3.63, 3.8) is 0 Å². The number of benzene rings is 2. The van der Waals surface area contributed by atoms with Gasteiger partial charge < -0.3 is 15.5 Å². The Hall–Kier alpha value is -2.04. The summed E-state index contributed by atoms with van der Waals surface area (Å²) < 4.78 is 0. The third-order valence-electron chi connectivity index (χ3n) is 6.94. The van der Waals surface area contributed by atoms with Crippen molar-refractivity contribution < 1.29 is 4.79 Å². The monoisotopic (exact) mass is 439 g/mol. The normalized spacial score (nSPS) is 24.1. The molecule has 2 amide bonds. The van der Waals surface area contributed by atoms with Crippen molar-refractivity contribution in [1.82, 2.24) is 10.2 Å². The van der Waals surface area contributed by atoms with Crippen LogP contribution in [0.4, 0.5) is 10.5 Å². The van der Waals surface area contributed by atoms with Crippen LogP contribution in [0.25, 0.3) is 0 Å². The first-order valence-corrected chi connectivity index (χ1v) is 12.1. The van der Waals surface area contributed by atoms with Crippen LogP contribution in [0.1, 0.15) is 56.1 Å². The van der Waals surface area contributed by atoms with Gasteiger partial charge in [-0.3, -0.25) is 0 Å². The smallest absolute Gasteiger partial charge is 0.319 e. The standard InChI is InChI=1S/C26H34ClN3O/c1-19-18-30(16-14-21-9-10-22(27)17-25(19)21)15-13-20-7-11-24(12-8-20)29-26(31)28-23-5-3-2-4-6-23/h2-6,9-10,17,19-20,24H,7-8,11-16,18H2,1H3,(H2,28,29,31)/t19-,20?,24?/m0/s1. The minimum atomic E-state index is -0.0899. The largest absolute Gasteiger partial charge is 0.335 e. The van der Waals surface area contributed by atoms with Crippen LogP contribution >= 0.6 is 11.6 Å². The summed E-state index contributed by atoms with van der Waals surface area (Å²) in [6.07, 6.45) is 6.93. The Morgan fingerprint density at radius 3 is 2.65 bits per heavy atom. The van der Waals surface area contributed by atoms with E-state index < -0.39 is 0 Å². The van der Waals surface area contributed by atoms with Gasteiger partial charge >= 0.3 is 6.03 Å². The van der Waals surface area contributed by atoms with Crippen molar-refractivity contribution in [3.8, 4) is 0 Å². The van der Waals surface area contributed by atoms with Gasteiger partial charge in [-0.15, -0.1) is 0 Å². The molecule has 1 aliphatic carbocycles. The molecule has 0 unspecified atom stereocenters. The lowest BCUT2D eigenvalue weighted by atomic mass is 9.84. The molecule has 0 radical (unpaired) electrons. The molecule has 0 aromatic heterocycles. The molecule has 2 aromatic rings. The summed E-state index contributed by atoms with van der Waals surface area (Å²) >= 11 is 6.23. The number of nitrogens with zero attached hydrogens (tertiary/aromatic N) is 1. The van der Waals surface area contributed by atoms with E-state index in [4.69, 9.17) is 11.6 Å². The molecule has 2 aliphatic rings. The molecule has 1 heterocycles. The SMILES string of the molecule is C[C@H]1CN(CCC2CCC(NC(=O)Nc3ccccc3)CC2)CCc2ccc(Cl)cc21. The highest BCUT2D eigenvalue weighted by atomic mass is 35.5. The molecular formula is C26H34ClN3O. The third-order valence-corrected chi connectivity index (χ3v) is 7.17. The van der Waals surface area contributed by atoms with Crippen LogP contribution in [0.5, 0.6) is 0 Å². The van der Waals surface area contributed by atoms with Crippen LogP contribution in [0.3, 0.4) is 0 Å². The molecule has 166 valence electrons. The van der Waals surface area contributed by atoms with Crippen molar-refractivity contribution in [2.24, 2.45) is 5.92 Å². The number of para-hydroxylation sites is 1. The maximum Gasteiger partial charge on any atom is 0.319 e. The third kappa shape index (κ3) is 6.24. The first-order chi connectivity index (χ1) is 15.1. The molecule has 1 fully saturated rings. The number of halogens is 1. The fourth-order valence-corrected chi connectivity index (χ4v) is 5.33. The second kappa shape index (κ2) is 10.5. The predicted molar refractivity (Wildman–Crippen MR) is 129 cm³/mol. The number of carbonyl (C=O) groups excluding carboxylic acids is 1. The summed E-state index contributed by atoms with van der Waals surface area (Å²) in [5.41, 5.74) is 3.72. The topological polar surface area (TPSA) is 44.4 Å². The molecule has 31 heavy (non-hydrogen) atoms. The van der Waals surface area contributed by atoms with Gasteiger partial charge in [0.25, 0.3) is 0 Å². The highest BCUT2D eigenvalue weighted by Crippen LogP contribution is 2.30. The number of amides is 2. The maximum absolute atomic E-state index is 12.2. The molecule has 0 bridgehead atoms. The van der Waals surface area contributed by atoms with Crippen LogP contribution in [0.2, 0.25) is 5.02 Å². The lowest BCUT2D eigenvalue weighted by Gasteiger charge is -2.31.